The number of hydrogen-bond donors (Lipinski definition) is 0. The number of likely N-dealkylation sites (tertiary alicyclic amines) is 1. The summed E-state index contributed by atoms with van der Waals surface area (Å²) in [6, 6.07) is 13.8. The number of hydrogen-bond acceptors (Lipinski definition) is 4. The van der Waals surface area contributed by atoms with Gasteiger partial charge in [0.25, 0.3) is 5.91 Å². The van der Waals surface area contributed by atoms with E-state index in [2.05, 4.69) is 22.1 Å². The summed E-state index contributed by atoms with van der Waals surface area (Å²) in [5.74, 6) is 0.897. The molecule has 3 aromatic rings. The predicted molar refractivity (Wildman–Crippen MR) is 114 cm³/mol. The van der Waals surface area contributed by atoms with E-state index in [0.29, 0.717) is 5.56 Å². The number of amides is 1. The highest BCUT2D eigenvalue weighted by Crippen LogP contribution is 2.32. The Kier molecular flexibility index (Phi) is 5.47. The molecule has 29 heavy (non-hydrogen) atoms. The summed E-state index contributed by atoms with van der Waals surface area (Å²) in [5, 5.41) is 0. The molecule has 0 aliphatic carbocycles. The van der Waals surface area contributed by atoms with Gasteiger partial charge in [0.2, 0.25) is 0 Å². The third-order valence-corrected chi connectivity index (χ3v) is 5.84. The SMILES string of the molecule is COc1ccc([C@H]2CCCCCN2C(=O)c2ccc3nc(C)c(C)nc3c2)cc1. The van der Waals surface area contributed by atoms with Crippen LogP contribution in [0.2, 0.25) is 0 Å². The number of carbonyl (C=O) groups excluding carboxylic acids is 1. The number of rotatable bonds is 3. The maximum Gasteiger partial charge on any atom is 0.254 e. The molecule has 1 fully saturated rings. The Labute approximate surface area is 171 Å². The zero-order valence-electron chi connectivity index (χ0n) is 17.3. The Morgan fingerprint density at radius 2 is 1.69 bits per heavy atom. The average Bonchev–Trinajstić information content (AvgIpc) is 3.00. The van der Waals surface area contributed by atoms with Crippen LogP contribution in [0.3, 0.4) is 0 Å². The van der Waals surface area contributed by atoms with Gasteiger partial charge in [-0.3, -0.25) is 4.79 Å². The fourth-order valence-electron chi connectivity index (χ4n) is 4.05. The third kappa shape index (κ3) is 3.95. The third-order valence-electron chi connectivity index (χ3n) is 5.84. The maximum atomic E-state index is 13.5. The minimum atomic E-state index is 0.0645. The molecular weight excluding hydrogens is 362 g/mol. The highest BCUT2D eigenvalue weighted by molar-refractivity contribution is 5.97. The lowest BCUT2D eigenvalue weighted by molar-refractivity contribution is 0.0681. The lowest BCUT2D eigenvalue weighted by Crippen LogP contribution is -2.34. The van der Waals surface area contributed by atoms with Gasteiger partial charge >= 0.3 is 0 Å². The molecule has 1 aliphatic rings. The molecule has 1 aromatic heterocycles. The van der Waals surface area contributed by atoms with Crippen molar-refractivity contribution in [2.45, 2.75) is 45.6 Å². The number of aryl methyl sites for hydroxylation is 2. The standard InChI is InChI=1S/C24H27N3O2/c1-16-17(2)26-22-15-19(10-13-21(22)25-16)24(28)27-14-6-4-5-7-23(27)18-8-11-20(29-3)12-9-18/h8-13,15,23H,4-7,14H2,1-3H3/t23-/m1/s1. The van der Waals surface area contributed by atoms with E-state index in [1.807, 2.05) is 49.1 Å². The first kappa shape index (κ1) is 19.4. The average molecular weight is 389 g/mol. The molecule has 1 saturated heterocycles. The first-order valence-corrected chi connectivity index (χ1v) is 10.3. The van der Waals surface area contributed by atoms with E-state index in [9.17, 15) is 4.79 Å². The van der Waals surface area contributed by atoms with Crippen LogP contribution >= 0.6 is 0 Å². The summed E-state index contributed by atoms with van der Waals surface area (Å²) in [4.78, 5) is 24.8. The van der Waals surface area contributed by atoms with Gasteiger partial charge in [0.1, 0.15) is 5.75 Å². The van der Waals surface area contributed by atoms with Gasteiger partial charge in [-0.1, -0.05) is 25.0 Å². The van der Waals surface area contributed by atoms with Crippen molar-refractivity contribution < 1.29 is 9.53 Å². The molecule has 0 saturated carbocycles. The largest absolute Gasteiger partial charge is 0.497 e. The fraction of sp³-hybridized carbons (Fsp3) is 0.375. The molecule has 5 heteroatoms. The monoisotopic (exact) mass is 389 g/mol. The molecule has 0 N–H and O–H groups in total. The van der Waals surface area contributed by atoms with Crippen molar-refractivity contribution in [2.75, 3.05) is 13.7 Å². The molecular formula is C24H27N3O2. The molecule has 5 nitrogen and oxygen atoms in total. The van der Waals surface area contributed by atoms with Crippen molar-refractivity contribution in [3.8, 4) is 5.75 Å². The molecule has 2 aromatic carbocycles. The predicted octanol–water partition coefficient (Wildman–Crippen LogP) is 5.01. The quantitative estimate of drug-likeness (QED) is 0.632. The summed E-state index contributed by atoms with van der Waals surface area (Å²) in [6.45, 7) is 4.68. The molecule has 150 valence electrons. The highest BCUT2D eigenvalue weighted by Gasteiger charge is 2.28. The Bertz CT molecular complexity index is 1030. The van der Waals surface area contributed by atoms with Gasteiger partial charge in [-0.15, -0.1) is 0 Å². The van der Waals surface area contributed by atoms with Crippen molar-refractivity contribution in [1.82, 2.24) is 14.9 Å². The van der Waals surface area contributed by atoms with Crippen molar-refractivity contribution in [3.63, 3.8) is 0 Å². The summed E-state index contributed by atoms with van der Waals surface area (Å²) in [6.07, 6.45) is 4.29. The molecule has 2 heterocycles. The van der Waals surface area contributed by atoms with Crippen LogP contribution in [0.25, 0.3) is 11.0 Å². The molecule has 0 spiro atoms. The topological polar surface area (TPSA) is 55.3 Å². The van der Waals surface area contributed by atoms with Crippen LogP contribution < -0.4 is 4.74 Å². The molecule has 0 unspecified atom stereocenters. The molecule has 0 radical (unpaired) electrons. The van der Waals surface area contributed by atoms with E-state index in [1.54, 1.807) is 7.11 Å². The van der Waals surface area contributed by atoms with E-state index in [-0.39, 0.29) is 11.9 Å². The molecule has 1 atom stereocenters. The van der Waals surface area contributed by atoms with Crippen molar-refractivity contribution >= 4 is 16.9 Å². The minimum absolute atomic E-state index is 0.0645. The summed E-state index contributed by atoms with van der Waals surface area (Å²) in [7, 11) is 1.67. The van der Waals surface area contributed by atoms with Crippen LogP contribution in [0, 0.1) is 13.8 Å². The Hall–Kier alpha value is -2.95. The van der Waals surface area contributed by atoms with E-state index in [0.717, 1.165) is 66.0 Å². The lowest BCUT2D eigenvalue weighted by atomic mass is 9.99. The van der Waals surface area contributed by atoms with Crippen LogP contribution in [0.1, 0.15) is 59.0 Å². The number of aromatic nitrogens is 2. The summed E-state index contributed by atoms with van der Waals surface area (Å²) < 4.78 is 5.29. The van der Waals surface area contributed by atoms with E-state index in [4.69, 9.17) is 4.74 Å². The second-order valence-corrected chi connectivity index (χ2v) is 7.73. The number of nitrogens with zero attached hydrogens (tertiary/aromatic N) is 3. The van der Waals surface area contributed by atoms with Gasteiger partial charge in [0.15, 0.2) is 0 Å². The Balaban J connectivity index is 1.68. The van der Waals surface area contributed by atoms with E-state index in [1.165, 1.54) is 0 Å². The maximum absolute atomic E-state index is 13.5. The summed E-state index contributed by atoms with van der Waals surface area (Å²) in [5.41, 5.74) is 5.25. The van der Waals surface area contributed by atoms with Gasteiger partial charge in [0, 0.05) is 12.1 Å². The summed E-state index contributed by atoms with van der Waals surface area (Å²) >= 11 is 0. The Morgan fingerprint density at radius 3 is 2.41 bits per heavy atom. The highest BCUT2D eigenvalue weighted by atomic mass is 16.5. The first-order chi connectivity index (χ1) is 14.1. The molecule has 1 aliphatic heterocycles. The number of carbonyl (C=O) groups is 1. The van der Waals surface area contributed by atoms with Crippen LogP contribution in [0.15, 0.2) is 42.5 Å². The molecule has 0 bridgehead atoms. The number of fused-ring (bicyclic) bond motifs is 1. The second-order valence-electron chi connectivity index (χ2n) is 7.73. The van der Waals surface area contributed by atoms with Gasteiger partial charge in [-0.05, 0) is 62.6 Å². The smallest absolute Gasteiger partial charge is 0.254 e. The number of methoxy groups -OCH3 is 1. The zero-order valence-corrected chi connectivity index (χ0v) is 17.3. The van der Waals surface area contributed by atoms with Gasteiger partial charge < -0.3 is 9.64 Å². The fourth-order valence-corrected chi connectivity index (χ4v) is 4.05. The van der Waals surface area contributed by atoms with Crippen molar-refractivity contribution in [3.05, 3.63) is 65.0 Å². The van der Waals surface area contributed by atoms with Crippen LogP contribution in [0.4, 0.5) is 0 Å². The van der Waals surface area contributed by atoms with Gasteiger partial charge in [0.05, 0.1) is 35.6 Å². The van der Waals surface area contributed by atoms with E-state index < -0.39 is 0 Å². The van der Waals surface area contributed by atoms with Gasteiger partial charge in [-0.25, -0.2) is 9.97 Å². The second kappa shape index (κ2) is 8.19. The Morgan fingerprint density at radius 1 is 0.966 bits per heavy atom. The molecule has 4 rings (SSSR count). The normalized spacial score (nSPS) is 17.2. The first-order valence-electron chi connectivity index (χ1n) is 10.3. The van der Waals surface area contributed by atoms with Gasteiger partial charge in [-0.2, -0.15) is 0 Å². The van der Waals surface area contributed by atoms with Crippen molar-refractivity contribution in [1.29, 1.82) is 0 Å². The van der Waals surface area contributed by atoms with Crippen LogP contribution in [0.5, 0.6) is 5.75 Å². The molecule has 1 amide bonds. The van der Waals surface area contributed by atoms with E-state index >= 15 is 0 Å². The van der Waals surface area contributed by atoms with Crippen LogP contribution in [-0.4, -0.2) is 34.4 Å². The van der Waals surface area contributed by atoms with Crippen molar-refractivity contribution in [2.24, 2.45) is 0 Å². The number of benzene rings is 2. The van der Waals surface area contributed by atoms with Crippen LogP contribution in [-0.2, 0) is 0 Å². The number of ether oxygens (including phenoxy) is 1. The lowest BCUT2D eigenvalue weighted by Gasteiger charge is -2.31. The minimum Gasteiger partial charge on any atom is -0.497 e. The zero-order chi connectivity index (χ0) is 20.4.